The molecule has 0 fully saturated rings. The summed E-state index contributed by atoms with van der Waals surface area (Å²) in [5.74, 6) is -0.675. The summed E-state index contributed by atoms with van der Waals surface area (Å²) in [5, 5.41) is 13.2. The summed E-state index contributed by atoms with van der Waals surface area (Å²) in [6.07, 6.45) is 0. The van der Waals surface area contributed by atoms with Gasteiger partial charge in [-0.3, -0.25) is 0 Å². The zero-order valence-corrected chi connectivity index (χ0v) is 12.1. The number of hydrogen-bond acceptors (Lipinski definition) is 4. The van der Waals surface area contributed by atoms with Crippen molar-refractivity contribution in [2.24, 2.45) is 5.16 Å². The zero-order valence-electron chi connectivity index (χ0n) is 10.6. The van der Waals surface area contributed by atoms with Crippen LogP contribution in [-0.4, -0.2) is 11.7 Å². The molecule has 0 radical (unpaired) electrons. The molecule has 0 amide bonds. The van der Waals surface area contributed by atoms with Crippen molar-refractivity contribution in [1.29, 1.82) is 5.26 Å². The maximum absolute atomic E-state index is 11.8. The largest absolute Gasteiger partial charge is 0.365 e. The van der Waals surface area contributed by atoms with Gasteiger partial charge in [-0.2, -0.15) is 5.26 Å². The van der Waals surface area contributed by atoms with Crippen molar-refractivity contribution in [2.45, 2.75) is 0 Å². The highest BCUT2D eigenvalue weighted by atomic mass is 35.5. The van der Waals surface area contributed by atoms with Crippen molar-refractivity contribution in [1.82, 2.24) is 0 Å². The number of halogens is 2. The minimum atomic E-state index is -0.675. The van der Waals surface area contributed by atoms with E-state index >= 15 is 0 Å². The Morgan fingerprint density at radius 3 is 2.24 bits per heavy atom. The van der Waals surface area contributed by atoms with Crippen LogP contribution in [0, 0.1) is 11.3 Å². The second-order valence-electron chi connectivity index (χ2n) is 3.89. The Bertz CT molecular complexity index is 717. The molecule has 0 unspecified atom stereocenters. The van der Waals surface area contributed by atoms with Crippen LogP contribution >= 0.6 is 23.2 Å². The van der Waals surface area contributed by atoms with E-state index in [-0.39, 0.29) is 21.3 Å². The van der Waals surface area contributed by atoms with E-state index in [2.05, 4.69) is 5.16 Å². The topological polar surface area (TPSA) is 62.4 Å². The van der Waals surface area contributed by atoms with Gasteiger partial charge in [0.15, 0.2) is 5.71 Å². The highest BCUT2D eigenvalue weighted by molar-refractivity contribution is 6.41. The Kier molecular flexibility index (Phi) is 4.94. The van der Waals surface area contributed by atoms with Crippen molar-refractivity contribution in [2.75, 3.05) is 0 Å². The Hall–Kier alpha value is -2.35. The first kappa shape index (κ1) is 15.0. The lowest BCUT2D eigenvalue weighted by Crippen LogP contribution is -2.05. The van der Waals surface area contributed by atoms with Gasteiger partial charge in [0.05, 0.1) is 21.2 Å². The molecule has 4 nitrogen and oxygen atoms in total. The van der Waals surface area contributed by atoms with Crippen molar-refractivity contribution in [3.8, 4) is 6.07 Å². The number of carbonyl (C=O) groups is 1. The lowest BCUT2D eigenvalue weighted by atomic mass is 10.1. The van der Waals surface area contributed by atoms with Gasteiger partial charge < -0.3 is 4.84 Å². The molecular formula is C15H8Cl2N2O2. The fraction of sp³-hybridized carbons (Fsp3) is 0. The molecule has 2 aromatic rings. The smallest absolute Gasteiger partial charge is 0.311 e. The first-order valence-electron chi connectivity index (χ1n) is 5.82. The van der Waals surface area contributed by atoms with Gasteiger partial charge in [-0.15, -0.1) is 0 Å². The molecule has 0 aliphatic rings. The minimum absolute atomic E-state index is 0.171. The highest BCUT2D eigenvalue weighted by Gasteiger charge is 2.14. The fourth-order valence-corrected chi connectivity index (χ4v) is 2.14. The third kappa shape index (κ3) is 3.60. The molecule has 0 bridgehead atoms. The zero-order chi connectivity index (χ0) is 15.2. The number of carbonyl (C=O) groups excluding carboxylic acids is 1. The number of oxime groups is 1. The SMILES string of the molecule is N#CC(=NOC(=O)c1ccccc1)c1c(Cl)cccc1Cl. The average Bonchev–Trinajstić information content (AvgIpc) is 2.50. The molecule has 0 aliphatic heterocycles. The van der Waals surface area contributed by atoms with Gasteiger partial charge in [0.2, 0.25) is 0 Å². The first-order valence-corrected chi connectivity index (χ1v) is 6.58. The number of rotatable bonds is 3. The molecule has 2 aromatic carbocycles. The lowest BCUT2D eigenvalue weighted by Gasteiger charge is -2.04. The normalized spacial score (nSPS) is 10.8. The Balaban J connectivity index is 2.27. The number of hydrogen-bond donors (Lipinski definition) is 0. The van der Waals surface area contributed by atoms with Crippen LogP contribution in [0.25, 0.3) is 0 Å². The summed E-state index contributed by atoms with van der Waals surface area (Å²) >= 11 is 12.0. The van der Waals surface area contributed by atoms with Crippen molar-refractivity contribution >= 4 is 34.9 Å². The summed E-state index contributed by atoms with van der Waals surface area (Å²) in [6.45, 7) is 0. The summed E-state index contributed by atoms with van der Waals surface area (Å²) in [6, 6.07) is 14.9. The molecule has 104 valence electrons. The molecule has 0 N–H and O–H groups in total. The number of benzene rings is 2. The maximum Gasteiger partial charge on any atom is 0.365 e. The van der Waals surface area contributed by atoms with Crippen LogP contribution in [0.5, 0.6) is 0 Å². The predicted octanol–water partition coefficient (Wildman–Crippen LogP) is 4.08. The van der Waals surface area contributed by atoms with E-state index in [0.717, 1.165) is 0 Å². The molecule has 0 heterocycles. The summed E-state index contributed by atoms with van der Waals surface area (Å²) in [7, 11) is 0. The van der Waals surface area contributed by atoms with Gasteiger partial charge in [0.1, 0.15) is 6.07 Å². The molecular weight excluding hydrogens is 311 g/mol. The molecule has 0 saturated heterocycles. The van der Waals surface area contributed by atoms with Crippen LogP contribution in [-0.2, 0) is 4.84 Å². The molecule has 6 heteroatoms. The quantitative estimate of drug-likeness (QED) is 0.486. The molecule has 0 aromatic heterocycles. The van der Waals surface area contributed by atoms with Gasteiger partial charge >= 0.3 is 5.97 Å². The minimum Gasteiger partial charge on any atom is -0.311 e. The Labute approximate surface area is 131 Å². The van der Waals surface area contributed by atoms with Gasteiger partial charge in [0, 0.05) is 0 Å². The van der Waals surface area contributed by atoms with Crippen LogP contribution in [0.3, 0.4) is 0 Å². The van der Waals surface area contributed by atoms with Gasteiger partial charge in [-0.25, -0.2) is 4.79 Å². The lowest BCUT2D eigenvalue weighted by molar-refractivity contribution is 0.0517. The van der Waals surface area contributed by atoms with E-state index < -0.39 is 5.97 Å². The molecule has 0 saturated carbocycles. The van der Waals surface area contributed by atoms with Crippen LogP contribution in [0.1, 0.15) is 15.9 Å². The van der Waals surface area contributed by atoms with E-state index in [0.29, 0.717) is 5.56 Å². The second kappa shape index (κ2) is 6.89. The molecule has 21 heavy (non-hydrogen) atoms. The van der Waals surface area contributed by atoms with Gasteiger partial charge in [0.25, 0.3) is 0 Å². The van der Waals surface area contributed by atoms with Crippen LogP contribution < -0.4 is 0 Å². The average molecular weight is 319 g/mol. The van der Waals surface area contributed by atoms with E-state index in [1.54, 1.807) is 48.5 Å². The number of nitrogens with zero attached hydrogens (tertiary/aromatic N) is 2. The van der Waals surface area contributed by atoms with Crippen molar-refractivity contribution < 1.29 is 9.63 Å². The third-order valence-corrected chi connectivity index (χ3v) is 3.16. The molecule has 2 rings (SSSR count). The summed E-state index contributed by atoms with van der Waals surface area (Å²) < 4.78 is 0. The predicted molar refractivity (Wildman–Crippen MR) is 80.5 cm³/mol. The summed E-state index contributed by atoms with van der Waals surface area (Å²) in [4.78, 5) is 16.5. The van der Waals surface area contributed by atoms with E-state index in [4.69, 9.17) is 33.3 Å². The molecule has 0 atom stereocenters. The Morgan fingerprint density at radius 1 is 1.05 bits per heavy atom. The third-order valence-electron chi connectivity index (χ3n) is 2.53. The monoisotopic (exact) mass is 318 g/mol. The van der Waals surface area contributed by atoms with E-state index in [9.17, 15) is 4.79 Å². The maximum atomic E-state index is 11.8. The fourth-order valence-electron chi connectivity index (χ4n) is 1.56. The molecule has 0 aliphatic carbocycles. The van der Waals surface area contributed by atoms with Gasteiger partial charge in [-0.1, -0.05) is 52.6 Å². The van der Waals surface area contributed by atoms with Crippen LogP contribution in [0.4, 0.5) is 0 Å². The standard InChI is InChI=1S/C15H8Cl2N2O2/c16-11-7-4-8-12(17)14(11)13(9-18)19-21-15(20)10-5-2-1-3-6-10/h1-8H. The van der Waals surface area contributed by atoms with Gasteiger partial charge in [-0.05, 0) is 24.3 Å². The number of nitriles is 1. The van der Waals surface area contributed by atoms with Crippen molar-refractivity contribution in [3.63, 3.8) is 0 Å². The highest BCUT2D eigenvalue weighted by Crippen LogP contribution is 2.25. The van der Waals surface area contributed by atoms with E-state index in [1.165, 1.54) is 0 Å². The molecule has 0 spiro atoms. The van der Waals surface area contributed by atoms with Crippen LogP contribution in [0.15, 0.2) is 53.7 Å². The second-order valence-corrected chi connectivity index (χ2v) is 4.71. The van der Waals surface area contributed by atoms with E-state index in [1.807, 2.05) is 6.07 Å². The summed E-state index contributed by atoms with van der Waals surface area (Å²) in [5.41, 5.74) is 0.378. The Morgan fingerprint density at radius 2 is 1.67 bits per heavy atom. The first-order chi connectivity index (χ1) is 10.1. The van der Waals surface area contributed by atoms with Crippen LogP contribution in [0.2, 0.25) is 10.0 Å². The van der Waals surface area contributed by atoms with Crippen molar-refractivity contribution in [3.05, 3.63) is 69.7 Å².